The van der Waals surface area contributed by atoms with Crippen LogP contribution in [0.25, 0.3) is 16.6 Å². The molecule has 1 aliphatic heterocycles. The van der Waals surface area contributed by atoms with Gasteiger partial charge in [-0.05, 0) is 39.7 Å². The van der Waals surface area contributed by atoms with Gasteiger partial charge in [-0.1, -0.05) is 0 Å². The summed E-state index contributed by atoms with van der Waals surface area (Å²) in [6, 6.07) is 2.72. The number of nitrogens with zero attached hydrogens (tertiary/aromatic N) is 7. The number of ether oxygens (including phenoxy) is 1. The van der Waals surface area contributed by atoms with Crippen LogP contribution in [-0.4, -0.2) is 60.3 Å². The Labute approximate surface area is 196 Å². The van der Waals surface area contributed by atoms with Crippen molar-refractivity contribution in [2.75, 3.05) is 30.8 Å². The number of nitrogen functional groups attached to an aromatic ring is 1. The van der Waals surface area contributed by atoms with E-state index < -0.39 is 11.4 Å². The number of nitrogens with two attached hydrogens (primary N) is 1. The van der Waals surface area contributed by atoms with Crippen molar-refractivity contribution in [3.05, 3.63) is 36.2 Å². The highest BCUT2D eigenvalue weighted by Gasteiger charge is 2.29. The first kappa shape index (κ1) is 22.3. The summed E-state index contributed by atoms with van der Waals surface area (Å²) >= 11 is 0. The quantitative estimate of drug-likeness (QED) is 0.459. The third-order valence-corrected chi connectivity index (χ3v) is 6.75. The predicted octanol–water partition coefficient (Wildman–Crippen LogP) is 2.92. The van der Waals surface area contributed by atoms with Crippen molar-refractivity contribution >= 4 is 28.2 Å². The molecule has 1 fully saturated rings. The van der Waals surface area contributed by atoms with E-state index in [0.29, 0.717) is 28.9 Å². The Kier molecular flexibility index (Phi) is 5.31. The number of rotatable bonds is 5. The molecule has 0 bridgehead atoms. The predicted molar refractivity (Wildman–Crippen MR) is 127 cm³/mol. The van der Waals surface area contributed by atoms with Crippen LogP contribution < -0.4 is 15.4 Å². The van der Waals surface area contributed by atoms with Crippen LogP contribution in [0.4, 0.5) is 16.0 Å². The van der Waals surface area contributed by atoms with Crippen molar-refractivity contribution in [2.24, 2.45) is 0 Å². The highest BCUT2D eigenvalue weighted by atomic mass is 19.1. The summed E-state index contributed by atoms with van der Waals surface area (Å²) in [7, 11) is 1.41. The zero-order chi connectivity index (χ0) is 24.2. The van der Waals surface area contributed by atoms with Crippen LogP contribution in [0.1, 0.15) is 51.4 Å². The van der Waals surface area contributed by atoms with Crippen molar-refractivity contribution in [3.63, 3.8) is 0 Å². The highest BCUT2D eigenvalue weighted by molar-refractivity contribution is 5.93. The molecule has 34 heavy (non-hydrogen) atoms. The largest absolute Gasteiger partial charge is 0.494 e. The molecular weight excluding hydrogens is 439 g/mol. The molecule has 1 aliphatic rings. The van der Waals surface area contributed by atoms with Gasteiger partial charge in [0, 0.05) is 36.7 Å². The number of anilines is 2. The zero-order valence-corrected chi connectivity index (χ0v) is 19.7. The Balaban J connectivity index is 1.46. The maximum atomic E-state index is 14.4. The number of aromatic nitrogens is 6. The van der Waals surface area contributed by atoms with Crippen molar-refractivity contribution in [1.82, 2.24) is 29.4 Å². The molecule has 0 spiro atoms. The van der Waals surface area contributed by atoms with Crippen molar-refractivity contribution in [2.45, 2.75) is 51.2 Å². The number of methoxy groups -OCH3 is 1. The fourth-order valence-electron chi connectivity index (χ4n) is 4.43. The van der Waals surface area contributed by atoms with Gasteiger partial charge in [-0.3, -0.25) is 4.68 Å². The van der Waals surface area contributed by atoms with Crippen LogP contribution in [0.2, 0.25) is 0 Å². The third-order valence-electron chi connectivity index (χ3n) is 6.75. The summed E-state index contributed by atoms with van der Waals surface area (Å²) < 4.78 is 22.8. The van der Waals surface area contributed by atoms with Gasteiger partial charge >= 0.3 is 0 Å². The number of aliphatic hydroxyl groups is 1. The molecule has 11 heteroatoms. The summed E-state index contributed by atoms with van der Waals surface area (Å²) in [6.45, 7) is 7.10. The molecule has 4 aromatic rings. The molecule has 1 aromatic carbocycles. The fraction of sp³-hybridized carbons (Fsp3) is 0.478. The van der Waals surface area contributed by atoms with Crippen LogP contribution in [0, 0.1) is 5.82 Å². The van der Waals surface area contributed by atoms with Crippen LogP contribution in [0.3, 0.4) is 0 Å². The number of piperidine rings is 1. The normalized spacial score (nSPS) is 18.1. The van der Waals surface area contributed by atoms with E-state index in [1.54, 1.807) is 18.5 Å². The molecule has 1 unspecified atom stereocenters. The molecule has 0 saturated carbocycles. The van der Waals surface area contributed by atoms with Crippen molar-refractivity contribution in [1.29, 1.82) is 0 Å². The standard InChI is InChI=1S/C23H29FN8O2/c1-13(23(2,3)33)31-12-15(10-26-31)30-7-5-6-14(11-30)20-28-21-16-8-17(24)19(34-4)9-18(16)27-22(25)32(21)29-20/h8-10,12-14,33H,5-7,11H2,1-4H3,(H2,25,27)/t13?,14-/m1/s1. The van der Waals surface area contributed by atoms with Gasteiger partial charge in [-0.25, -0.2) is 14.4 Å². The van der Waals surface area contributed by atoms with E-state index in [1.165, 1.54) is 23.8 Å². The number of benzene rings is 1. The van der Waals surface area contributed by atoms with Crippen LogP contribution in [0.5, 0.6) is 5.75 Å². The molecule has 0 radical (unpaired) electrons. The molecule has 4 heterocycles. The highest BCUT2D eigenvalue weighted by Crippen LogP contribution is 2.32. The Hall–Kier alpha value is -3.47. The first-order valence-electron chi connectivity index (χ1n) is 11.4. The Morgan fingerprint density at radius 3 is 2.82 bits per heavy atom. The summed E-state index contributed by atoms with van der Waals surface area (Å²) in [5.41, 5.74) is 7.24. The fourth-order valence-corrected chi connectivity index (χ4v) is 4.43. The molecule has 2 atom stereocenters. The summed E-state index contributed by atoms with van der Waals surface area (Å²) in [6.07, 6.45) is 5.68. The maximum Gasteiger partial charge on any atom is 0.223 e. The lowest BCUT2D eigenvalue weighted by molar-refractivity contribution is 0.0258. The van der Waals surface area contributed by atoms with Gasteiger partial charge in [0.15, 0.2) is 23.0 Å². The Bertz CT molecular complexity index is 1360. The second-order valence-corrected chi connectivity index (χ2v) is 9.47. The third kappa shape index (κ3) is 3.79. The molecule has 5 rings (SSSR count). The van der Waals surface area contributed by atoms with Gasteiger partial charge in [0.2, 0.25) is 5.95 Å². The molecule has 10 nitrogen and oxygen atoms in total. The van der Waals surface area contributed by atoms with Gasteiger partial charge in [-0.15, -0.1) is 5.10 Å². The molecule has 0 amide bonds. The Morgan fingerprint density at radius 2 is 2.09 bits per heavy atom. The van der Waals surface area contributed by atoms with Gasteiger partial charge in [0.05, 0.1) is 36.2 Å². The summed E-state index contributed by atoms with van der Waals surface area (Å²) in [4.78, 5) is 11.4. The average molecular weight is 469 g/mol. The maximum absolute atomic E-state index is 14.4. The number of fused-ring (bicyclic) bond motifs is 3. The monoisotopic (exact) mass is 468 g/mol. The SMILES string of the molecule is COc1cc2nc(N)n3nc([C@@H]4CCCN(c5cnn(C(C)C(C)(C)O)c5)C4)nc3c2cc1F. The van der Waals surface area contributed by atoms with Crippen LogP contribution in [0.15, 0.2) is 24.5 Å². The van der Waals surface area contributed by atoms with E-state index in [9.17, 15) is 9.50 Å². The first-order chi connectivity index (χ1) is 16.2. The molecule has 0 aliphatic carbocycles. The second kappa shape index (κ2) is 8.08. The van der Waals surface area contributed by atoms with E-state index in [1.807, 2.05) is 19.3 Å². The van der Waals surface area contributed by atoms with Gasteiger partial charge in [-0.2, -0.15) is 9.61 Å². The minimum atomic E-state index is -0.881. The van der Waals surface area contributed by atoms with Gasteiger partial charge < -0.3 is 20.5 Å². The van der Waals surface area contributed by atoms with E-state index in [-0.39, 0.29) is 23.7 Å². The Morgan fingerprint density at radius 1 is 1.29 bits per heavy atom. The van der Waals surface area contributed by atoms with Gasteiger partial charge in [0.25, 0.3) is 0 Å². The number of hydrogen-bond acceptors (Lipinski definition) is 8. The molecule has 3 N–H and O–H groups in total. The zero-order valence-electron chi connectivity index (χ0n) is 19.7. The molecule has 180 valence electrons. The topological polar surface area (TPSA) is 120 Å². The van der Waals surface area contributed by atoms with Crippen molar-refractivity contribution in [3.8, 4) is 5.75 Å². The van der Waals surface area contributed by atoms with E-state index in [4.69, 9.17) is 15.5 Å². The smallest absolute Gasteiger partial charge is 0.223 e. The minimum absolute atomic E-state index is 0.0706. The summed E-state index contributed by atoms with van der Waals surface area (Å²) in [5, 5.41) is 20.0. The average Bonchev–Trinajstić information content (AvgIpc) is 3.47. The number of halogens is 1. The van der Waals surface area contributed by atoms with Crippen LogP contribution >= 0.6 is 0 Å². The number of hydrogen-bond donors (Lipinski definition) is 2. The van der Waals surface area contributed by atoms with Crippen molar-refractivity contribution < 1.29 is 14.2 Å². The molecule has 1 saturated heterocycles. The van der Waals surface area contributed by atoms with Crippen LogP contribution in [-0.2, 0) is 0 Å². The van der Waals surface area contributed by atoms with E-state index in [0.717, 1.165) is 25.1 Å². The van der Waals surface area contributed by atoms with E-state index in [2.05, 4.69) is 20.1 Å². The minimum Gasteiger partial charge on any atom is -0.494 e. The lowest BCUT2D eigenvalue weighted by atomic mass is 9.97. The lowest BCUT2D eigenvalue weighted by Gasteiger charge is -2.32. The van der Waals surface area contributed by atoms with Gasteiger partial charge in [0.1, 0.15) is 0 Å². The molecular formula is C23H29FN8O2. The molecule has 3 aromatic heterocycles. The summed E-state index contributed by atoms with van der Waals surface area (Å²) in [5.74, 6) is 0.518. The lowest BCUT2D eigenvalue weighted by Crippen LogP contribution is -2.34. The second-order valence-electron chi connectivity index (χ2n) is 9.47. The first-order valence-corrected chi connectivity index (χ1v) is 11.4. The van der Waals surface area contributed by atoms with E-state index >= 15 is 0 Å².